The summed E-state index contributed by atoms with van der Waals surface area (Å²) in [6.07, 6.45) is 0.668. The molecule has 1 heterocycles. The summed E-state index contributed by atoms with van der Waals surface area (Å²) in [7, 11) is -3.69. The summed E-state index contributed by atoms with van der Waals surface area (Å²) in [6.45, 7) is 2.28. The molecule has 7 nitrogen and oxygen atoms in total. The summed E-state index contributed by atoms with van der Waals surface area (Å²) >= 11 is 6.19. The number of benzene rings is 2. The van der Waals surface area contributed by atoms with Crippen molar-refractivity contribution in [1.29, 1.82) is 0 Å². The standard InChI is InChI=1S/C22H24ClFN2O5S/c1-2-31-22(28)16-7-8-20(18(23)13-16)25-21(27)15-9-11-26(12-10-15)32(29,30)14-17-5-3-4-6-19(17)24/h3-8,13,15H,2,9-12,14H2,1H3,(H,25,27). The van der Waals surface area contributed by atoms with Gasteiger partial charge in [-0.25, -0.2) is 21.9 Å². The van der Waals surface area contributed by atoms with Crippen molar-refractivity contribution in [2.75, 3.05) is 25.0 Å². The SMILES string of the molecule is CCOC(=O)c1ccc(NC(=O)C2CCN(S(=O)(=O)Cc3ccccc3F)CC2)c(Cl)c1. The van der Waals surface area contributed by atoms with Crippen molar-refractivity contribution < 1.29 is 27.1 Å². The van der Waals surface area contributed by atoms with Crippen LogP contribution in [0.1, 0.15) is 35.7 Å². The first-order valence-electron chi connectivity index (χ1n) is 10.2. The highest BCUT2D eigenvalue weighted by Gasteiger charge is 2.32. The van der Waals surface area contributed by atoms with Gasteiger partial charge in [0.05, 0.1) is 28.6 Å². The number of ether oxygens (including phenoxy) is 1. The Balaban J connectivity index is 1.57. The van der Waals surface area contributed by atoms with E-state index in [0.29, 0.717) is 18.5 Å². The number of nitrogens with one attached hydrogen (secondary N) is 1. The number of rotatable bonds is 7. The average molecular weight is 483 g/mol. The van der Waals surface area contributed by atoms with Crippen molar-refractivity contribution in [1.82, 2.24) is 4.31 Å². The molecule has 0 radical (unpaired) electrons. The van der Waals surface area contributed by atoms with Gasteiger partial charge in [0.25, 0.3) is 0 Å². The monoisotopic (exact) mass is 482 g/mol. The Hall–Kier alpha value is -2.49. The van der Waals surface area contributed by atoms with Gasteiger partial charge in [0.15, 0.2) is 0 Å². The number of esters is 1. The molecular formula is C22H24ClFN2O5S. The van der Waals surface area contributed by atoms with Gasteiger partial charge >= 0.3 is 5.97 Å². The second kappa shape index (κ2) is 10.4. The first-order valence-corrected chi connectivity index (χ1v) is 12.2. The van der Waals surface area contributed by atoms with Crippen LogP contribution in [0.3, 0.4) is 0 Å². The minimum absolute atomic E-state index is 0.119. The number of carbonyl (C=O) groups excluding carboxylic acids is 2. The molecule has 1 saturated heterocycles. The molecule has 0 aliphatic carbocycles. The summed E-state index contributed by atoms with van der Waals surface area (Å²) < 4.78 is 45.4. The van der Waals surface area contributed by atoms with Crippen molar-refractivity contribution in [3.63, 3.8) is 0 Å². The lowest BCUT2D eigenvalue weighted by atomic mass is 9.97. The summed E-state index contributed by atoms with van der Waals surface area (Å²) in [4.78, 5) is 24.4. The third kappa shape index (κ3) is 5.85. The minimum atomic E-state index is -3.69. The summed E-state index contributed by atoms with van der Waals surface area (Å²) in [6, 6.07) is 10.2. The molecule has 1 N–H and O–H groups in total. The van der Waals surface area contributed by atoms with Gasteiger partial charge in [-0.15, -0.1) is 0 Å². The highest BCUT2D eigenvalue weighted by atomic mass is 35.5. The van der Waals surface area contributed by atoms with E-state index in [9.17, 15) is 22.4 Å². The van der Waals surface area contributed by atoms with Crippen LogP contribution in [0.5, 0.6) is 0 Å². The molecule has 32 heavy (non-hydrogen) atoms. The summed E-state index contributed by atoms with van der Waals surface area (Å²) in [5, 5.41) is 2.94. The molecule has 1 aliphatic heterocycles. The normalized spacial score (nSPS) is 15.3. The van der Waals surface area contributed by atoms with E-state index >= 15 is 0 Å². The van der Waals surface area contributed by atoms with Gasteiger partial charge in [0, 0.05) is 24.6 Å². The van der Waals surface area contributed by atoms with Crippen LogP contribution in [-0.2, 0) is 25.3 Å². The number of hydrogen-bond acceptors (Lipinski definition) is 5. The number of carbonyl (C=O) groups is 2. The molecule has 2 aromatic rings. The fourth-order valence-electron chi connectivity index (χ4n) is 3.49. The first kappa shape index (κ1) is 24.2. The minimum Gasteiger partial charge on any atom is -0.462 e. The van der Waals surface area contributed by atoms with Crippen LogP contribution in [0.25, 0.3) is 0 Å². The van der Waals surface area contributed by atoms with Crippen molar-refractivity contribution in [2.24, 2.45) is 5.92 Å². The van der Waals surface area contributed by atoms with E-state index in [1.54, 1.807) is 13.0 Å². The number of sulfonamides is 1. The van der Waals surface area contributed by atoms with Crippen LogP contribution in [-0.4, -0.2) is 44.3 Å². The predicted octanol–water partition coefficient (Wildman–Crippen LogP) is 3.84. The maximum absolute atomic E-state index is 13.8. The maximum atomic E-state index is 13.8. The zero-order valence-electron chi connectivity index (χ0n) is 17.5. The molecule has 10 heteroatoms. The molecule has 0 spiro atoms. The number of amides is 1. The molecule has 0 aromatic heterocycles. The zero-order valence-corrected chi connectivity index (χ0v) is 19.1. The number of piperidine rings is 1. The van der Waals surface area contributed by atoms with E-state index in [4.69, 9.17) is 16.3 Å². The molecule has 1 aliphatic rings. The van der Waals surface area contributed by atoms with E-state index < -0.39 is 33.5 Å². The van der Waals surface area contributed by atoms with Gasteiger partial charge in [-0.3, -0.25) is 4.79 Å². The maximum Gasteiger partial charge on any atom is 0.338 e. The van der Waals surface area contributed by atoms with Crippen LogP contribution >= 0.6 is 11.6 Å². The molecule has 3 rings (SSSR count). The van der Waals surface area contributed by atoms with Crippen molar-refractivity contribution in [3.8, 4) is 0 Å². The van der Waals surface area contributed by atoms with Gasteiger partial charge in [-0.05, 0) is 44.0 Å². The van der Waals surface area contributed by atoms with E-state index in [1.807, 2.05) is 0 Å². The fraction of sp³-hybridized carbons (Fsp3) is 0.364. The van der Waals surface area contributed by atoms with Crippen LogP contribution < -0.4 is 5.32 Å². The number of nitrogens with zero attached hydrogens (tertiary/aromatic N) is 1. The highest BCUT2D eigenvalue weighted by Crippen LogP contribution is 2.27. The van der Waals surface area contributed by atoms with Gasteiger partial charge < -0.3 is 10.1 Å². The number of halogens is 2. The van der Waals surface area contributed by atoms with Gasteiger partial charge in [-0.1, -0.05) is 29.8 Å². The molecule has 0 unspecified atom stereocenters. The van der Waals surface area contributed by atoms with E-state index in [-0.39, 0.29) is 41.8 Å². The quantitative estimate of drug-likeness (QED) is 0.605. The number of hydrogen-bond donors (Lipinski definition) is 1. The largest absolute Gasteiger partial charge is 0.462 e. The van der Waals surface area contributed by atoms with E-state index in [2.05, 4.69) is 5.32 Å². The van der Waals surface area contributed by atoms with Crippen LogP contribution in [0.2, 0.25) is 5.02 Å². The third-order valence-corrected chi connectivity index (χ3v) is 7.39. The van der Waals surface area contributed by atoms with Gasteiger partial charge in [0.1, 0.15) is 5.82 Å². The fourth-order valence-corrected chi connectivity index (χ4v) is 5.30. The molecule has 0 bridgehead atoms. The lowest BCUT2D eigenvalue weighted by Gasteiger charge is -2.30. The lowest BCUT2D eigenvalue weighted by molar-refractivity contribution is -0.120. The molecule has 1 fully saturated rings. The van der Waals surface area contributed by atoms with Gasteiger partial charge in [-0.2, -0.15) is 0 Å². The number of anilines is 1. The van der Waals surface area contributed by atoms with Gasteiger partial charge in [0.2, 0.25) is 15.9 Å². The average Bonchev–Trinajstić information content (AvgIpc) is 2.77. The Kier molecular flexibility index (Phi) is 7.86. The molecule has 0 atom stereocenters. The molecule has 0 saturated carbocycles. The lowest BCUT2D eigenvalue weighted by Crippen LogP contribution is -2.42. The first-order chi connectivity index (χ1) is 15.2. The Morgan fingerprint density at radius 3 is 2.50 bits per heavy atom. The molecular weight excluding hydrogens is 459 g/mol. The van der Waals surface area contributed by atoms with Crippen molar-refractivity contribution in [3.05, 3.63) is 64.4 Å². The van der Waals surface area contributed by atoms with Crippen LogP contribution in [0.15, 0.2) is 42.5 Å². The molecule has 172 valence electrons. The van der Waals surface area contributed by atoms with E-state index in [1.165, 1.54) is 40.7 Å². The molecule has 1 amide bonds. The molecule has 2 aromatic carbocycles. The van der Waals surface area contributed by atoms with Crippen molar-refractivity contribution >= 4 is 39.2 Å². The second-order valence-corrected chi connectivity index (χ2v) is 9.80. The smallest absolute Gasteiger partial charge is 0.338 e. The Morgan fingerprint density at radius 1 is 1.19 bits per heavy atom. The van der Waals surface area contributed by atoms with Crippen molar-refractivity contribution in [2.45, 2.75) is 25.5 Å². The zero-order chi connectivity index (χ0) is 23.3. The topological polar surface area (TPSA) is 92.8 Å². The van der Waals surface area contributed by atoms with Crippen LogP contribution in [0.4, 0.5) is 10.1 Å². The summed E-state index contributed by atoms with van der Waals surface area (Å²) in [5.74, 6) is -2.15. The highest BCUT2D eigenvalue weighted by molar-refractivity contribution is 7.88. The Bertz CT molecular complexity index is 1100. The predicted molar refractivity (Wildman–Crippen MR) is 119 cm³/mol. The second-order valence-electron chi connectivity index (χ2n) is 7.43. The van der Waals surface area contributed by atoms with E-state index in [0.717, 1.165) is 0 Å². The Morgan fingerprint density at radius 2 is 1.88 bits per heavy atom. The Labute approximate surface area is 191 Å². The van der Waals surface area contributed by atoms with Crippen LogP contribution in [0, 0.1) is 11.7 Å². The summed E-state index contributed by atoms with van der Waals surface area (Å²) in [5.41, 5.74) is 0.760. The third-order valence-electron chi connectivity index (χ3n) is 5.25.